The summed E-state index contributed by atoms with van der Waals surface area (Å²) in [6.07, 6.45) is 0. The molecular formula is C37H28O4. The fraction of sp³-hybridized carbons (Fsp3) is 0.0811. The first-order chi connectivity index (χ1) is 19.8. The summed E-state index contributed by atoms with van der Waals surface area (Å²) in [5, 5.41) is 2.35. The van der Waals surface area contributed by atoms with Gasteiger partial charge in [0.1, 0.15) is 11.5 Å². The van der Waals surface area contributed by atoms with E-state index in [4.69, 9.17) is 9.47 Å². The average molecular weight is 537 g/mol. The van der Waals surface area contributed by atoms with Crippen molar-refractivity contribution in [2.75, 3.05) is 0 Å². The topological polar surface area (TPSA) is 52.6 Å². The Balaban J connectivity index is 1.60. The van der Waals surface area contributed by atoms with E-state index in [-0.39, 0.29) is 0 Å². The fourth-order valence-electron chi connectivity index (χ4n) is 5.77. The quantitative estimate of drug-likeness (QED) is 0.122. The number of hydrogen-bond acceptors (Lipinski definition) is 4. The van der Waals surface area contributed by atoms with Crippen LogP contribution in [0.1, 0.15) is 36.1 Å². The summed E-state index contributed by atoms with van der Waals surface area (Å²) < 4.78 is 11.0. The molecule has 4 heteroatoms. The highest BCUT2D eigenvalue weighted by Gasteiger charge is 2.46. The van der Waals surface area contributed by atoms with E-state index in [1.807, 2.05) is 48.5 Å². The third-order valence-electron chi connectivity index (χ3n) is 7.63. The van der Waals surface area contributed by atoms with Crippen LogP contribution in [0.2, 0.25) is 0 Å². The van der Waals surface area contributed by atoms with Gasteiger partial charge in [-0.25, -0.2) is 9.59 Å². The molecule has 0 unspecified atom stereocenters. The Hall–Kier alpha value is -5.22. The molecule has 0 spiro atoms. The summed E-state index contributed by atoms with van der Waals surface area (Å²) in [4.78, 5) is 24.4. The molecule has 5 aromatic rings. The van der Waals surface area contributed by atoms with E-state index in [9.17, 15) is 9.59 Å². The van der Waals surface area contributed by atoms with Crippen molar-refractivity contribution < 1.29 is 19.1 Å². The predicted molar refractivity (Wildman–Crippen MR) is 162 cm³/mol. The minimum absolute atomic E-state index is 0.337. The second-order valence-electron chi connectivity index (χ2n) is 10.4. The van der Waals surface area contributed by atoms with Gasteiger partial charge in [0.25, 0.3) is 0 Å². The number of esters is 2. The smallest absolute Gasteiger partial charge is 0.338 e. The largest absolute Gasteiger partial charge is 0.423 e. The molecule has 0 amide bonds. The molecule has 0 saturated heterocycles. The molecule has 0 fully saturated rings. The molecule has 6 rings (SSSR count). The van der Waals surface area contributed by atoms with Crippen LogP contribution >= 0.6 is 0 Å². The van der Waals surface area contributed by atoms with Gasteiger partial charge in [-0.15, -0.1) is 0 Å². The summed E-state index contributed by atoms with van der Waals surface area (Å²) >= 11 is 0. The number of hydrogen-bond donors (Lipinski definition) is 0. The van der Waals surface area contributed by atoms with Gasteiger partial charge in [-0.1, -0.05) is 98.1 Å². The molecule has 0 radical (unpaired) electrons. The minimum atomic E-state index is -0.677. The molecule has 0 heterocycles. The maximum Gasteiger partial charge on any atom is 0.338 e. The van der Waals surface area contributed by atoms with Crippen molar-refractivity contribution in [2.24, 2.45) is 0 Å². The maximum absolute atomic E-state index is 12.2. The summed E-state index contributed by atoms with van der Waals surface area (Å²) in [6.45, 7) is 10.6. The number of carbonyl (C=O) groups is 2. The van der Waals surface area contributed by atoms with Crippen LogP contribution in [0.4, 0.5) is 0 Å². The lowest BCUT2D eigenvalue weighted by molar-refractivity contribution is -0.130. The highest BCUT2D eigenvalue weighted by molar-refractivity contribution is 6.04. The number of fused-ring (bicyclic) bond motifs is 5. The predicted octanol–water partition coefficient (Wildman–Crippen LogP) is 8.17. The van der Waals surface area contributed by atoms with E-state index in [0.29, 0.717) is 22.6 Å². The molecule has 0 aromatic heterocycles. The molecule has 0 bridgehead atoms. The molecule has 200 valence electrons. The summed E-state index contributed by atoms with van der Waals surface area (Å²) in [5.74, 6) is -0.0290. The van der Waals surface area contributed by atoms with Crippen LogP contribution in [0.5, 0.6) is 11.5 Å². The van der Waals surface area contributed by atoms with Crippen molar-refractivity contribution in [3.63, 3.8) is 0 Å². The van der Waals surface area contributed by atoms with E-state index in [1.165, 1.54) is 16.3 Å². The zero-order chi connectivity index (χ0) is 28.7. The number of benzene rings is 5. The van der Waals surface area contributed by atoms with E-state index >= 15 is 0 Å². The standard InChI is InChI=1S/C37H28O4/c1-23(2)35(38)40-28-18-14-26(15-19-28)37(27-16-20-29(21-17-27)41-36(39)24(3)4)32-12-8-7-11-31(32)34-30-10-6-5-9-25(30)13-22-33(34)37/h5-22H,1,3H2,2,4H3. The third kappa shape index (κ3) is 4.25. The van der Waals surface area contributed by atoms with E-state index in [0.717, 1.165) is 27.8 Å². The first-order valence-electron chi connectivity index (χ1n) is 13.4. The van der Waals surface area contributed by atoms with Gasteiger partial charge in [0.05, 0.1) is 5.41 Å². The van der Waals surface area contributed by atoms with Crippen molar-refractivity contribution in [2.45, 2.75) is 19.3 Å². The van der Waals surface area contributed by atoms with E-state index in [1.54, 1.807) is 13.8 Å². The second-order valence-corrected chi connectivity index (χ2v) is 10.4. The van der Waals surface area contributed by atoms with Gasteiger partial charge in [0.2, 0.25) is 0 Å². The molecule has 0 atom stereocenters. The number of carbonyl (C=O) groups excluding carboxylic acids is 2. The SMILES string of the molecule is C=C(C)C(=O)Oc1ccc(C2(c3ccc(OC(=O)C(=C)C)cc3)c3ccccc3-c3c2ccc2ccccc32)cc1. The molecular weight excluding hydrogens is 508 g/mol. The first-order valence-corrected chi connectivity index (χ1v) is 13.4. The van der Waals surface area contributed by atoms with Crippen LogP contribution in [0, 0.1) is 0 Å². The van der Waals surface area contributed by atoms with Gasteiger partial charge in [0.15, 0.2) is 0 Å². The van der Waals surface area contributed by atoms with Gasteiger partial charge in [-0.2, -0.15) is 0 Å². The van der Waals surface area contributed by atoms with Gasteiger partial charge in [-0.3, -0.25) is 0 Å². The number of rotatable bonds is 6. The minimum Gasteiger partial charge on any atom is -0.423 e. The lowest BCUT2D eigenvalue weighted by Crippen LogP contribution is -2.28. The molecule has 4 nitrogen and oxygen atoms in total. The van der Waals surface area contributed by atoms with Gasteiger partial charge < -0.3 is 9.47 Å². The summed E-state index contributed by atoms with van der Waals surface area (Å²) in [7, 11) is 0. The Morgan fingerprint density at radius 3 is 1.66 bits per heavy atom. The van der Waals surface area contributed by atoms with Crippen molar-refractivity contribution in [1.82, 2.24) is 0 Å². The second kappa shape index (κ2) is 10.1. The molecule has 0 aliphatic heterocycles. The van der Waals surface area contributed by atoms with Crippen LogP contribution < -0.4 is 9.47 Å². The van der Waals surface area contributed by atoms with Crippen LogP contribution in [-0.4, -0.2) is 11.9 Å². The molecule has 1 aliphatic carbocycles. The van der Waals surface area contributed by atoms with Crippen molar-refractivity contribution in [3.8, 4) is 22.6 Å². The monoisotopic (exact) mass is 536 g/mol. The third-order valence-corrected chi connectivity index (χ3v) is 7.63. The lowest BCUT2D eigenvalue weighted by Gasteiger charge is -2.34. The zero-order valence-electron chi connectivity index (χ0n) is 22.9. The van der Waals surface area contributed by atoms with Crippen molar-refractivity contribution in [1.29, 1.82) is 0 Å². The highest BCUT2D eigenvalue weighted by atomic mass is 16.5. The molecule has 41 heavy (non-hydrogen) atoms. The zero-order valence-corrected chi connectivity index (χ0v) is 22.9. The normalized spacial score (nSPS) is 12.7. The maximum atomic E-state index is 12.2. The van der Waals surface area contributed by atoms with Crippen molar-refractivity contribution in [3.05, 3.63) is 156 Å². The van der Waals surface area contributed by atoms with Crippen LogP contribution in [0.25, 0.3) is 21.9 Å². The molecule has 0 N–H and O–H groups in total. The summed E-state index contributed by atoms with van der Waals surface area (Å²) in [6, 6.07) is 36.6. The Morgan fingerprint density at radius 1 is 0.585 bits per heavy atom. The summed E-state index contributed by atoms with van der Waals surface area (Å²) in [5.41, 5.74) is 6.67. The van der Waals surface area contributed by atoms with Gasteiger partial charge in [0, 0.05) is 11.1 Å². The molecule has 5 aromatic carbocycles. The molecule has 0 saturated carbocycles. The highest BCUT2D eigenvalue weighted by Crippen LogP contribution is 2.57. The Morgan fingerprint density at radius 2 is 1.10 bits per heavy atom. The van der Waals surface area contributed by atoms with Gasteiger partial charge in [-0.05, 0) is 82.3 Å². The number of ether oxygens (including phenoxy) is 2. The fourth-order valence-corrected chi connectivity index (χ4v) is 5.77. The van der Waals surface area contributed by atoms with Crippen LogP contribution in [-0.2, 0) is 15.0 Å². The Kier molecular flexibility index (Phi) is 6.39. The lowest BCUT2D eigenvalue weighted by atomic mass is 9.67. The van der Waals surface area contributed by atoms with Crippen molar-refractivity contribution >= 4 is 22.7 Å². The van der Waals surface area contributed by atoms with Gasteiger partial charge >= 0.3 is 11.9 Å². The van der Waals surface area contributed by atoms with E-state index < -0.39 is 17.4 Å². The van der Waals surface area contributed by atoms with E-state index in [2.05, 4.69) is 73.8 Å². The Bertz CT molecular complexity index is 1790. The van der Waals surface area contributed by atoms with Crippen LogP contribution in [0.3, 0.4) is 0 Å². The Labute approximate surface area is 239 Å². The molecule has 1 aliphatic rings. The first kappa shape index (κ1) is 26.0. The van der Waals surface area contributed by atoms with Crippen LogP contribution in [0.15, 0.2) is 133 Å². The average Bonchev–Trinajstić information content (AvgIpc) is 3.29.